The zero-order chi connectivity index (χ0) is 28.2. The summed E-state index contributed by atoms with van der Waals surface area (Å²) in [4.78, 5) is 39.3. The number of anilines is 1. The normalized spacial score (nSPS) is 14.2. The van der Waals surface area contributed by atoms with Crippen molar-refractivity contribution >= 4 is 67.3 Å². The number of benzene rings is 4. The van der Waals surface area contributed by atoms with Gasteiger partial charge in [-0.1, -0.05) is 60.7 Å². The molecule has 0 unspecified atom stereocenters. The minimum Gasteiger partial charge on any atom is -0.493 e. The molecule has 1 aliphatic heterocycles. The molecule has 40 heavy (non-hydrogen) atoms. The summed E-state index contributed by atoms with van der Waals surface area (Å²) < 4.78 is 12.4. The van der Waals surface area contributed by atoms with Gasteiger partial charge in [-0.05, 0) is 86.4 Å². The van der Waals surface area contributed by atoms with Crippen LogP contribution in [0.5, 0.6) is 11.5 Å². The number of methoxy groups -OCH3 is 1. The van der Waals surface area contributed by atoms with Crippen LogP contribution in [0, 0.1) is 6.92 Å². The number of thioether (sulfide) groups is 1. The Morgan fingerprint density at radius 2 is 1.77 bits per heavy atom. The lowest BCUT2D eigenvalue weighted by molar-refractivity contribution is -0.127. The number of amides is 3. The summed E-state index contributed by atoms with van der Waals surface area (Å²) in [5, 5.41) is 4.49. The van der Waals surface area contributed by atoms with Gasteiger partial charge in [0.15, 0.2) is 11.5 Å². The van der Waals surface area contributed by atoms with Gasteiger partial charge in [-0.2, -0.15) is 0 Å². The molecule has 4 aromatic carbocycles. The van der Waals surface area contributed by atoms with Crippen LogP contribution in [0.4, 0.5) is 10.5 Å². The maximum atomic E-state index is 13.0. The van der Waals surface area contributed by atoms with Crippen molar-refractivity contribution in [3.63, 3.8) is 0 Å². The third-order valence-corrected chi connectivity index (χ3v) is 7.89. The molecule has 0 radical (unpaired) electrons. The van der Waals surface area contributed by atoms with Gasteiger partial charge in [0.2, 0.25) is 5.91 Å². The topological polar surface area (TPSA) is 84.9 Å². The Kier molecular flexibility index (Phi) is 8.23. The van der Waals surface area contributed by atoms with Gasteiger partial charge < -0.3 is 14.8 Å². The SMILES string of the molecule is COc1cc(/C=C2/SC(=O)N(CC(=O)Nc3ccccc3C)C2=O)cc(Br)c1OCc1cccc2ccccc12. The van der Waals surface area contributed by atoms with Crippen LogP contribution >= 0.6 is 27.7 Å². The Bertz CT molecular complexity index is 1660. The monoisotopic (exact) mass is 616 g/mol. The van der Waals surface area contributed by atoms with E-state index in [1.807, 2.05) is 43.3 Å². The average molecular weight is 618 g/mol. The van der Waals surface area contributed by atoms with Crippen molar-refractivity contribution in [2.24, 2.45) is 0 Å². The minimum absolute atomic E-state index is 0.215. The van der Waals surface area contributed by atoms with Crippen molar-refractivity contribution in [1.82, 2.24) is 4.90 Å². The Labute approximate surface area is 244 Å². The maximum Gasteiger partial charge on any atom is 0.294 e. The van der Waals surface area contributed by atoms with Crippen LogP contribution in [0.25, 0.3) is 16.8 Å². The fourth-order valence-electron chi connectivity index (χ4n) is 4.37. The van der Waals surface area contributed by atoms with Crippen molar-refractivity contribution in [1.29, 1.82) is 0 Å². The number of nitrogens with one attached hydrogen (secondary N) is 1. The number of hydrogen-bond acceptors (Lipinski definition) is 6. The maximum absolute atomic E-state index is 13.0. The zero-order valence-corrected chi connectivity index (χ0v) is 24.2. The second-order valence-corrected chi connectivity index (χ2v) is 10.9. The molecule has 0 bridgehead atoms. The standard InChI is InChI=1S/C31H25BrN2O5S/c1-19-8-3-6-13-25(19)33-28(35)17-34-30(36)27(40-31(34)37)16-20-14-24(32)29(26(15-20)38-2)39-18-22-11-7-10-21-9-4-5-12-23(21)22/h3-16H,17-18H2,1-2H3,(H,33,35)/b27-16+. The number of imide groups is 1. The third kappa shape index (κ3) is 5.90. The molecule has 4 aromatic rings. The molecule has 5 rings (SSSR count). The molecule has 0 aliphatic carbocycles. The van der Waals surface area contributed by atoms with E-state index in [1.54, 1.807) is 30.3 Å². The van der Waals surface area contributed by atoms with Crippen molar-refractivity contribution in [2.75, 3.05) is 19.0 Å². The molecule has 3 amide bonds. The summed E-state index contributed by atoms with van der Waals surface area (Å²) in [6, 6.07) is 25.0. The predicted octanol–water partition coefficient (Wildman–Crippen LogP) is 7.17. The van der Waals surface area contributed by atoms with Gasteiger partial charge in [-0.15, -0.1) is 0 Å². The van der Waals surface area contributed by atoms with E-state index >= 15 is 0 Å². The van der Waals surface area contributed by atoms with Gasteiger partial charge in [0.25, 0.3) is 11.1 Å². The van der Waals surface area contributed by atoms with E-state index in [9.17, 15) is 14.4 Å². The molecule has 1 N–H and O–H groups in total. The van der Waals surface area contributed by atoms with E-state index in [2.05, 4.69) is 39.4 Å². The van der Waals surface area contributed by atoms with E-state index < -0.39 is 17.1 Å². The van der Waals surface area contributed by atoms with Crippen LogP contribution < -0.4 is 14.8 Å². The first-order valence-corrected chi connectivity index (χ1v) is 14.0. The number of ether oxygens (including phenoxy) is 2. The number of para-hydroxylation sites is 1. The van der Waals surface area contributed by atoms with Gasteiger partial charge in [0.05, 0.1) is 16.5 Å². The molecule has 0 saturated carbocycles. The highest BCUT2D eigenvalue weighted by Crippen LogP contribution is 2.39. The molecule has 202 valence electrons. The zero-order valence-electron chi connectivity index (χ0n) is 21.8. The quantitative estimate of drug-likeness (QED) is 0.211. The summed E-state index contributed by atoms with van der Waals surface area (Å²) in [7, 11) is 1.54. The number of carbonyl (C=O) groups excluding carboxylic acids is 3. The van der Waals surface area contributed by atoms with E-state index in [1.165, 1.54) is 7.11 Å². The number of hydrogen-bond donors (Lipinski definition) is 1. The fourth-order valence-corrected chi connectivity index (χ4v) is 5.78. The lowest BCUT2D eigenvalue weighted by Crippen LogP contribution is -2.36. The van der Waals surface area contributed by atoms with Gasteiger partial charge in [-0.3, -0.25) is 19.3 Å². The fraction of sp³-hybridized carbons (Fsp3) is 0.129. The van der Waals surface area contributed by atoms with Crippen LogP contribution in [0.1, 0.15) is 16.7 Å². The highest BCUT2D eigenvalue weighted by Gasteiger charge is 2.36. The predicted molar refractivity (Wildman–Crippen MR) is 161 cm³/mol. The van der Waals surface area contributed by atoms with E-state index in [0.717, 1.165) is 38.6 Å². The summed E-state index contributed by atoms with van der Waals surface area (Å²) in [6.07, 6.45) is 1.60. The molecule has 1 fully saturated rings. The van der Waals surface area contributed by atoms with Crippen LogP contribution in [-0.4, -0.2) is 35.6 Å². The van der Waals surface area contributed by atoms with Gasteiger partial charge in [-0.25, -0.2) is 0 Å². The van der Waals surface area contributed by atoms with Crippen molar-refractivity contribution in [2.45, 2.75) is 13.5 Å². The molecular weight excluding hydrogens is 592 g/mol. The highest BCUT2D eigenvalue weighted by molar-refractivity contribution is 9.10. The van der Waals surface area contributed by atoms with Crippen LogP contribution in [-0.2, 0) is 16.2 Å². The van der Waals surface area contributed by atoms with Crippen molar-refractivity contribution in [3.05, 3.63) is 105 Å². The number of halogens is 1. The molecular formula is C31H25BrN2O5S. The largest absolute Gasteiger partial charge is 0.493 e. The Balaban J connectivity index is 1.31. The van der Waals surface area contributed by atoms with E-state index in [-0.39, 0.29) is 11.4 Å². The van der Waals surface area contributed by atoms with Crippen LogP contribution in [0.3, 0.4) is 0 Å². The van der Waals surface area contributed by atoms with E-state index in [0.29, 0.717) is 33.8 Å². The van der Waals surface area contributed by atoms with Crippen molar-refractivity contribution < 1.29 is 23.9 Å². The van der Waals surface area contributed by atoms with Gasteiger partial charge in [0, 0.05) is 5.69 Å². The molecule has 0 aromatic heterocycles. The molecule has 0 spiro atoms. The third-order valence-electron chi connectivity index (χ3n) is 6.40. The Morgan fingerprint density at radius 1 is 1.02 bits per heavy atom. The van der Waals surface area contributed by atoms with Crippen LogP contribution in [0.15, 0.2) is 88.2 Å². The first-order valence-electron chi connectivity index (χ1n) is 12.4. The number of fused-ring (bicyclic) bond motifs is 1. The summed E-state index contributed by atoms with van der Waals surface area (Å²) in [5.74, 6) is 0.0162. The van der Waals surface area contributed by atoms with Gasteiger partial charge in [0.1, 0.15) is 13.2 Å². The number of rotatable bonds is 8. The first kappa shape index (κ1) is 27.5. The lowest BCUT2D eigenvalue weighted by Gasteiger charge is -2.15. The summed E-state index contributed by atoms with van der Waals surface area (Å²) in [5.41, 5.74) is 3.19. The molecule has 7 nitrogen and oxygen atoms in total. The molecule has 1 aliphatic rings. The lowest BCUT2D eigenvalue weighted by atomic mass is 10.1. The smallest absolute Gasteiger partial charge is 0.294 e. The second-order valence-electron chi connectivity index (χ2n) is 9.09. The highest BCUT2D eigenvalue weighted by atomic mass is 79.9. The summed E-state index contributed by atoms with van der Waals surface area (Å²) >= 11 is 4.36. The Morgan fingerprint density at radius 3 is 2.58 bits per heavy atom. The molecule has 1 heterocycles. The van der Waals surface area contributed by atoms with Gasteiger partial charge >= 0.3 is 0 Å². The number of carbonyl (C=O) groups is 3. The average Bonchev–Trinajstić information content (AvgIpc) is 3.20. The number of nitrogens with zero attached hydrogens (tertiary/aromatic N) is 1. The first-order chi connectivity index (χ1) is 19.3. The Hall–Kier alpha value is -4.08. The summed E-state index contributed by atoms with van der Waals surface area (Å²) in [6.45, 7) is 1.83. The second kappa shape index (κ2) is 12.0. The van der Waals surface area contributed by atoms with E-state index in [4.69, 9.17) is 9.47 Å². The molecule has 9 heteroatoms. The number of aryl methyl sites for hydroxylation is 1. The minimum atomic E-state index is -0.527. The van der Waals surface area contributed by atoms with Crippen molar-refractivity contribution in [3.8, 4) is 11.5 Å². The molecule has 1 saturated heterocycles. The van der Waals surface area contributed by atoms with Crippen LogP contribution in [0.2, 0.25) is 0 Å². The molecule has 0 atom stereocenters.